The molecule has 1 aromatic heterocycles. The van der Waals surface area contributed by atoms with Crippen LogP contribution in [0.4, 0.5) is 0 Å². The van der Waals surface area contributed by atoms with E-state index in [4.69, 9.17) is 9.26 Å². The summed E-state index contributed by atoms with van der Waals surface area (Å²) in [5.74, 6) is -1.60. The molecule has 2 aromatic carbocycles. The van der Waals surface area contributed by atoms with Crippen LogP contribution < -0.4 is 5.32 Å². The molecular weight excluding hydrogens is 578 g/mol. The number of ether oxygens (including phenoxy) is 1. The van der Waals surface area contributed by atoms with E-state index < -0.39 is 36.0 Å². The van der Waals surface area contributed by atoms with Gasteiger partial charge < -0.3 is 24.6 Å². The van der Waals surface area contributed by atoms with Crippen molar-refractivity contribution in [3.05, 3.63) is 87.7 Å². The Morgan fingerprint density at radius 2 is 1.85 bits per heavy atom. The standard InChI is InChI=1S/C30H34BrN3O6/c1-18(2)28(26-13-19(3)33-40-26)30(38)34-16-23(35)14-25(34)29(37)32-24(21-9-11-22(31)12-10-21)15-27(36)39-17-20-7-5-4-6-8-20/h4-13,18,23-25,28,35H,14-17H2,1-3H3,(H,32,37)/t23-,24+,25+,28?/m1/s1. The van der Waals surface area contributed by atoms with E-state index in [0.717, 1.165) is 10.0 Å². The predicted molar refractivity (Wildman–Crippen MR) is 151 cm³/mol. The molecule has 0 bridgehead atoms. The van der Waals surface area contributed by atoms with Crippen molar-refractivity contribution in [3.63, 3.8) is 0 Å². The summed E-state index contributed by atoms with van der Waals surface area (Å²) in [5.41, 5.74) is 2.22. The number of halogens is 1. The summed E-state index contributed by atoms with van der Waals surface area (Å²) in [4.78, 5) is 41.6. The van der Waals surface area contributed by atoms with Crippen LogP contribution >= 0.6 is 15.9 Å². The van der Waals surface area contributed by atoms with Crippen LogP contribution in [0.5, 0.6) is 0 Å². The molecule has 0 spiro atoms. The largest absolute Gasteiger partial charge is 0.461 e. The molecule has 2 heterocycles. The van der Waals surface area contributed by atoms with Crippen LogP contribution in [0.25, 0.3) is 0 Å². The number of aryl methyl sites for hydroxylation is 1. The lowest BCUT2D eigenvalue weighted by Crippen LogP contribution is -2.49. The first kappa shape index (κ1) is 29.5. The zero-order valence-corrected chi connectivity index (χ0v) is 24.3. The number of hydrogen-bond acceptors (Lipinski definition) is 7. The number of benzene rings is 2. The number of nitrogens with zero attached hydrogens (tertiary/aromatic N) is 2. The van der Waals surface area contributed by atoms with Crippen molar-refractivity contribution in [1.82, 2.24) is 15.4 Å². The second-order valence-electron chi connectivity index (χ2n) is 10.5. The molecule has 2 N–H and O–H groups in total. The fraction of sp³-hybridized carbons (Fsp3) is 0.400. The first-order valence-corrected chi connectivity index (χ1v) is 14.1. The van der Waals surface area contributed by atoms with Gasteiger partial charge in [0, 0.05) is 23.5 Å². The van der Waals surface area contributed by atoms with Crippen LogP contribution in [-0.2, 0) is 25.7 Å². The van der Waals surface area contributed by atoms with Gasteiger partial charge in [0.2, 0.25) is 11.8 Å². The van der Waals surface area contributed by atoms with Gasteiger partial charge in [0.25, 0.3) is 0 Å². The SMILES string of the molecule is Cc1cc(C(C(=O)N2C[C@H](O)C[C@H]2C(=O)N[C@@H](CC(=O)OCc2ccccc2)c2ccc(Br)cc2)C(C)C)on1. The zero-order valence-electron chi connectivity index (χ0n) is 22.7. The molecule has 1 aliphatic heterocycles. The number of amides is 2. The molecule has 212 valence electrons. The molecule has 9 nitrogen and oxygen atoms in total. The monoisotopic (exact) mass is 611 g/mol. The number of aliphatic hydroxyl groups is 1. The number of aliphatic hydroxyl groups excluding tert-OH is 1. The number of rotatable bonds is 10. The zero-order chi connectivity index (χ0) is 28.8. The minimum Gasteiger partial charge on any atom is -0.461 e. The quantitative estimate of drug-likeness (QED) is 0.325. The first-order valence-electron chi connectivity index (χ1n) is 13.3. The molecule has 4 atom stereocenters. The Balaban J connectivity index is 1.51. The molecule has 2 amide bonds. The van der Waals surface area contributed by atoms with E-state index in [9.17, 15) is 19.5 Å². The molecule has 0 aliphatic carbocycles. The highest BCUT2D eigenvalue weighted by molar-refractivity contribution is 9.10. The van der Waals surface area contributed by atoms with Crippen molar-refractivity contribution in [2.75, 3.05) is 6.54 Å². The summed E-state index contributed by atoms with van der Waals surface area (Å²) in [7, 11) is 0. The smallest absolute Gasteiger partial charge is 0.308 e. The van der Waals surface area contributed by atoms with E-state index in [1.807, 2.05) is 68.4 Å². The molecule has 1 fully saturated rings. The van der Waals surface area contributed by atoms with E-state index in [1.54, 1.807) is 13.0 Å². The number of aromatic nitrogens is 1. The third-order valence-corrected chi connectivity index (χ3v) is 7.48. The molecule has 0 radical (unpaired) electrons. The summed E-state index contributed by atoms with van der Waals surface area (Å²) in [6.45, 7) is 5.71. The Hall–Kier alpha value is -3.50. The lowest BCUT2D eigenvalue weighted by molar-refractivity contribution is -0.146. The molecule has 4 rings (SSSR count). The lowest BCUT2D eigenvalue weighted by atomic mass is 9.91. The Morgan fingerprint density at radius 3 is 2.48 bits per heavy atom. The average molecular weight is 613 g/mol. The van der Waals surface area contributed by atoms with Gasteiger partial charge >= 0.3 is 5.97 Å². The van der Waals surface area contributed by atoms with Gasteiger partial charge in [0.1, 0.15) is 24.3 Å². The Bertz CT molecular complexity index is 1310. The summed E-state index contributed by atoms with van der Waals surface area (Å²) < 4.78 is 11.7. The van der Waals surface area contributed by atoms with Gasteiger partial charge in [-0.1, -0.05) is 77.4 Å². The second-order valence-corrected chi connectivity index (χ2v) is 11.4. The van der Waals surface area contributed by atoms with Crippen molar-refractivity contribution < 1.29 is 28.8 Å². The molecule has 40 heavy (non-hydrogen) atoms. The summed E-state index contributed by atoms with van der Waals surface area (Å²) in [6, 6.07) is 16.7. The normalized spacial score (nSPS) is 18.4. The van der Waals surface area contributed by atoms with Crippen LogP contribution in [0.15, 0.2) is 69.7 Å². The van der Waals surface area contributed by atoms with Crippen molar-refractivity contribution in [2.45, 2.75) is 64.3 Å². The number of esters is 1. The number of carbonyl (C=O) groups is 3. The molecule has 1 unspecified atom stereocenters. The van der Waals surface area contributed by atoms with Gasteiger partial charge in [0.15, 0.2) is 0 Å². The predicted octanol–water partition coefficient (Wildman–Crippen LogP) is 4.44. The van der Waals surface area contributed by atoms with E-state index in [-0.39, 0.29) is 37.8 Å². The fourth-order valence-electron chi connectivity index (χ4n) is 4.93. The molecular formula is C30H34BrN3O6. The van der Waals surface area contributed by atoms with Gasteiger partial charge in [0.05, 0.1) is 24.3 Å². The van der Waals surface area contributed by atoms with Gasteiger partial charge in [-0.2, -0.15) is 0 Å². The minimum absolute atomic E-state index is 0.0231. The summed E-state index contributed by atoms with van der Waals surface area (Å²) in [6.07, 6.45) is -0.871. The number of carbonyl (C=O) groups excluding carboxylic acids is 3. The van der Waals surface area contributed by atoms with Crippen molar-refractivity contribution in [2.24, 2.45) is 5.92 Å². The van der Waals surface area contributed by atoms with E-state index in [1.165, 1.54) is 4.90 Å². The highest BCUT2D eigenvalue weighted by Gasteiger charge is 2.43. The molecule has 10 heteroatoms. The molecule has 3 aromatic rings. The van der Waals surface area contributed by atoms with E-state index in [0.29, 0.717) is 17.0 Å². The van der Waals surface area contributed by atoms with Gasteiger partial charge in [-0.3, -0.25) is 14.4 Å². The molecule has 1 aliphatic rings. The summed E-state index contributed by atoms with van der Waals surface area (Å²) >= 11 is 3.41. The van der Waals surface area contributed by atoms with Crippen LogP contribution in [0.2, 0.25) is 0 Å². The van der Waals surface area contributed by atoms with E-state index >= 15 is 0 Å². The van der Waals surface area contributed by atoms with Crippen LogP contribution in [0, 0.1) is 12.8 Å². The van der Waals surface area contributed by atoms with Crippen LogP contribution in [0.1, 0.15) is 61.2 Å². The van der Waals surface area contributed by atoms with Crippen molar-refractivity contribution in [1.29, 1.82) is 0 Å². The van der Waals surface area contributed by atoms with Crippen molar-refractivity contribution >= 4 is 33.7 Å². The number of β-amino-alcohol motifs (C(OH)–C–C–N with tert-alkyl or cyclic N) is 1. The number of likely N-dealkylation sites (tertiary alicyclic amines) is 1. The van der Waals surface area contributed by atoms with Gasteiger partial charge in [-0.25, -0.2) is 0 Å². The van der Waals surface area contributed by atoms with Gasteiger partial charge in [-0.15, -0.1) is 0 Å². The minimum atomic E-state index is -0.911. The highest BCUT2D eigenvalue weighted by atomic mass is 79.9. The second kappa shape index (κ2) is 13.2. The number of nitrogens with one attached hydrogen (secondary N) is 1. The first-order chi connectivity index (χ1) is 19.1. The van der Waals surface area contributed by atoms with Gasteiger partial charge in [-0.05, 0) is 36.1 Å². The topological polar surface area (TPSA) is 122 Å². The fourth-order valence-corrected chi connectivity index (χ4v) is 5.19. The molecule has 0 saturated carbocycles. The maximum atomic E-state index is 13.7. The highest BCUT2D eigenvalue weighted by Crippen LogP contribution is 2.31. The number of hydrogen-bond donors (Lipinski definition) is 2. The maximum Gasteiger partial charge on any atom is 0.308 e. The third-order valence-electron chi connectivity index (χ3n) is 6.95. The Labute approximate surface area is 242 Å². The average Bonchev–Trinajstić information content (AvgIpc) is 3.53. The summed E-state index contributed by atoms with van der Waals surface area (Å²) in [5, 5.41) is 17.3. The Morgan fingerprint density at radius 1 is 1.15 bits per heavy atom. The third kappa shape index (κ3) is 7.37. The maximum absolute atomic E-state index is 13.7. The van der Waals surface area contributed by atoms with Crippen LogP contribution in [0.3, 0.4) is 0 Å². The van der Waals surface area contributed by atoms with E-state index in [2.05, 4.69) is 26.4 Å². The van der Waals surface area contributed by atoms with Crippen LogP contribution in [-0.4, -0.2) is 51.6 Å². The lowest BCUT2D eigenvalue weighted by Gasteiger charge is -2.30. The van der Waals surface area contributed by atoms with Crippen molar-refractivity contribution in [3.8, 4) is 0 Å². The Kier molecular flexibility index (Phi) is 9.76. The molecule has 1 saturated heterocycles.